The third kappa shape index (κ3) is 3.57. The maximum atomic E-state index is 9.17. The number of nitrogens with two attached hydrogens (primary N) is 1. The van der Waals surface area contributed by atoms with Crippen molar-refractivity contribution >= 4 is 0 Å². The summed E-state index contributed by atoms with van der Waals surface area (Å²) in [7, 11) is 0. The first-order chi connectivity index (χ1) is 6.20. The van der Waals surface area contributed by atoms with Gasteiger partial charge in [0.05, 0.1) is 6.10 Å². The fraction of sp³-hybridized carbons (Fsp3) is 0.455. The zero-order valence-corrected chi connectivity index (χ0v) is 7.98. The minimum atomic E-state index is -0.413. The van der Waals surface area contributed by atoms with Gasteiger partial charge in [-0.25, -0.2) is 0 Å². The Labute approximate surface area is 79.4 Å². The predicted molar refractivity (Wildman–Crippen MR) is 54.4 cm³/mol. The number of aryl methyl sites for hydroxylation is 1. The van der Waals surface area contributed by atoms with Crippen LogP contribution in [0, 0.1) is 0 Å². The number of hydrogen-bond acceptors (Lipinski definition) is 2. The summed E-state index contributed by atoms with van der Waals surface area (Å²) in [6.45, 7) is 1.73. The van der Waals surface area contributed by atoms with E-state index in [9.17, 15) is 5.11 Å². The van der Waals surface area contributed by atoms with E-state index < -0.39 is 6.10 Å². The molecule has 3 N–H and O–H groups in total. The van der Waals surface area contributed by atoms with Crippen molar-refractivity contribution in [1.29, 1.82) is 0 Å². The molecular formula is C11H17NO. The smallest absolute Gasteiger partial charge is 0.0663 e. The maximum Gasteiger partial charge on any atom is 0.0663 e. The average molecular weight is 179 g/mol. The molecule has 2 atom stereocenters. The van der Waals surface area contributed by atoms with E-state index in [1.165, 1.54) is 5.56 Å². The van der Waals surface area contributed by atoms with Gasteiger partial charge in [0.25, 0.3) is 0 Å². The first kappa shape index (κ1) is 10.2. The molecule has 72 valence electrons. The average Bonchev–Trinajstić information content (AvgIpc) is 2.15. The van der Waals surface area contributed by atoms with Gasteiger partial charge in [0, 0.05) is 6.04 Å². The number of hydrogen-bond donors (Lipinski definition) is 2. The van der Waals surface area contributed by atoms with Crippen LogP contribution in [0.5, 0.6) is 0 Å². The van der Waals surface area contributed by atoms with Crippen LogP contribution in [0.4, 0.5) is 0 Å². The molecule has 0 bridgehead atoms. The van der Waals surface area contributed by atoms with Gasteiger partial charge in [-0.05, 0) is 25.3 Å². The molecule has 0 aliphatic rings. The van der Waals surface area contributed by atoms with Gasteiger partial charge >= 0.3 is 0 Å². The standard InChI is InChI=1S/C11H17NO/c1-9(13)11(12)8-7-10-5-3-2-4-6-10/h2-6,9,11,13H,7-8,12H2,1H3/t9-,11-/m1/s1. The van der Waals surface area contributed by atoms with Crippen molar-refractivity contribution in [1.82, 2.24) is 0 Å². The second kappa shape index (κ2) is 5.00. The van der Waals surface area contributed by atoms with Gasteiger partial charge in [-0.3, -0.25) is 0 Å². The van der Waals surface area contributed by atoms with Gasteiger partial charge < -0.3 is 10.8 Å². The number of aliphatic hydroxyl groups excluding tert-OH is 1. The molecule has 1 aromatic carbocycles. The molecule has 0 radical (unpaired) electrons. The zero-order chi connectivity index (χ0) is 9.68. The summed E-state index contributed by atoms with van der Waals surface area (Å²) >= 11 is 0. The zero-order valence-electron chi connectivity index (χ0n) is 7.98. The number of rotatable bonds is 4. The first-order valence-electron chi connectivity index (χ1n) is 4.67. The number of aliphatic hydroxyl groups is 1. The molecule has 0 spiro atoms. The highest BCUT2D eigenvalue weighted by Gasteiger charge is 2.08. The highest BCUT2D eigenvalue weighted by atomic mass is 16.3. The van der Waals surface area contributed by atoms with Gasteiger partial charge in [-0.15, -0.1) is 0 Å². The molecule has 0 fully saturated rings. The monoisotopic (exact) mass is 179 g/mol. The molecule has 0 saturated carbocycles. The van der Waals surface area contributed by atoms with Gasteiger partial charge in [-0.2, -0.15) is 0 Å². The summed E-state index contributed by atoms with van der Waals surface area (Å²) < 4.78 is 0. The van der Waals surface area contributed by atoms with Crippen molar-refractivity contribution in [3.8, 4) is 0 Å². The summed E-state index contributed by atoms with van der Waals surface area (Å²) in [5.74, 6) is 0. The first-order valence-corrected chi connectivity index (χ1v) is 4.67. The van der Waals surface area contributed by atoms with E-state index in [0.717, 1.165) is 12.8 Å². The molecule has 0 aliphatic carbocycles. The molecule has 0 amide bonds. The molecule has 13 heavy (non-hydrogen) atoms. The molecule has 2 nitrogen and oxygen atoms in total. The Hall–Kier alpha value is -0.860. The summed E-state index contributed by atoms with van der Waals surface area (Å²) in [6.07, 6.45) is 1.36. The second-order valence-corrected chi connectivity index (χ2v) is 3.43. The van der Waals surface area contributed by atoms with Crippen LogP contribution in [0.3, 0.4) is 0 Å². The Morgan fingerprint density at radius 1 is 1.31 bits per heavy atom. The fourth-order valence-electron chi connectivity index (χ4n) is 1.22. The van der Waals surface area contributed by atoms with Gasteiger partial charge in [-0.1, -0.05) is 30.3 Å². The van der Waals surface area contributed by atoms with Crippen molar-refractivity contribution in [2.24, 2.45) is 5.73 Å². The van der Waals surface area contributed by atoms with Crippen LogP contribution in [0.1, 0.15) is 18.9 Å². The Morgan fingerprint density at radius 3 is 2.46 bits per heavy atom. The van der Waals surface area contributed by atoms with Crippen LogP contribution in [-0.4, -0.2) is 17.3 Å². The molecule has 1 rings (SSSR count). The number of benzene rings is 1. The molecule has 0 unspecified atom stereocenters. The van der Waals surface area contributed by atoms with Crippen LogP contribution in [-0.2, 0) is 6.42 Å². The molecule has 0 heterocycles. The van der Waals surface area contributed by atoms with Crippen molar-refractivity contribution in [3.05, 3.63) is 35.9 Å². The Morgan fingerprint density at radius 2 is 1.92 bits per heavy atom. The second-order valence-electron chi connectivity index (χ2n) is 3.43. The quantitative estimate of drug-likeness (QED) is 0.732. The lowest BCUT2D eigenvalue weighted by Crippen LogP contribution is -2.32. The summed E-state index contributed by atoms with van der Waals surface area (Å²) in [6, 6.07) is 10.1. The molecule has 0 saturated heterocycles. The maximum absolute atomic E-state index is 9.17. The van der Waals surface area contributed by atoms with Crippen LogP contribution < -0.4 is 5.73 Å². The third-order valence-electron chi connectivity index (χ3n) is 2.23. The van der Waals surface area contributed by atoms with Crippen molar-refractivity contribution in [2.45, 2.75) is 31.9 Å². The van der Waals surface area contributed by atoms with E-state index in [0.29, 0.717) is 0 Å². The third-order valence-corrected chi connectivity index (χ3v) is 2.23. The van der Waals surface area contributed by atoms with Crippen LogP contribution >= 0.6 is 0 Å². The summed E-state index contributed by atoms with van der Waals surface area (Å²) in [5, 5.41) is 9.17. The van der Waals surface area contributed by atoms with E-state index in [1.54, 1.807) is 6.92 Å². The van der Waals surface area contributed by atoms with Crippen molar-refractivity contribution in [2.75, 3.05) is 0 Å². The van der Waals surface area contributed by atoms with E-state index in [1.807, 2.05) is 18.2 Å². The normalized spacial score (nSPS) is 15.3. The van der Waals surface area contributed by atoms with Crippen molar-refractivity contribution in [3.63, 3.8) is 0 Å². The minimum Gasteiger partial charge on any atom is -0.392 e. The molecule has 1 aromatic rings. The predicted octanol–water partition coefficient (Wildman–Crippen LogP) is 1.33. The lowest BCUT2D eigenvalue weighted by molar-refractivity contribution is 0.159. The summed E-state index contributed by atoms with van der Waals surface area (Å²) in [5.41, 5.74) is 6.99. The fourth-order valence-corrected chi connectivity index (χ4v) is 1.22. The topological polar surface area (TPSA) is 46.2 Å². The van der Waals surface area contributed by atoms with Gasteiger partial charge in [0.15, 0.2) is 0 Å². The van der Waals surface area contributed by atoms with E-state index in [-0.39, 0.29) is 6.04 Å². The van der Waals surface area contributed by atoms with Gasteiger partial charge in [0.1, 0.15) is 0 Å². The largest absolute Gasteiger partial charge is 0.392 e. The highest BCUT2D eigenvalue weighted by Crippen LogP contribution is 2.05. The van der Waals surface area contributed by atoms with E-state index in [4.69, 9.17) is 5.73 Å². The molecule has 2 heteroatoms. The van der Waals surface area contributed by atoms with E-state index in [2.05, 4.69) is 12.1 Å². The molecule has 0 aromatic heterocycles. The lowest BCUT2D eigenvalue weighted by Gasteiger charge is -2.13. The van der Waals surface area contributed by atoms with Gasteiger partial charge in [0.2, 0.25) is 0 Å². The molecule has 0 aliphatic heterocycles. The SMILES string of the molecule is C[C@@H](O)[C@H](N)CCc1ccccc1. The lowest BCUT2D eigenvalue weighted by atomic mass is 10.0. The molecular weight excluding hydrogens is 162 g/mol. The van der Waals surface area contributed by atoms with Crippen molar-refractivity contribution < 1.29 is 5.11 Å². The Bertz CT molecular complexity index is 233. The Kier molecular flexibility index (Phi) is 3.93. The highest BCUT2D eigenvalue weighted by molar-refractivity contribution is 5.14. The summed E-state index contributed by atoms with van der Waals surface area (Å²) in [4.78, 5) is 0. The van der Waals surface area contributed by atoms with Crippen LogP contribution in [0.2, 0.25) is 0 Å². The van der Waals surface area contributed by atoms with Crippen LogP contribution in [0.25, 0.3) is 0 Å². The van der Waals surface area contributed by atoms with Crippen LogP contribution in [0.15, 0.2) is 30.3 Å². The Balaban J connectivity index is 2.35. The van der Waals surface area contributed by atoms with E-state index >= 15 is 0 Å². The minimum absolute atomic E-state index is 0.111.